The van der Waals surface area contributed by atoms with E-state index < -0.39 is 0 Å². The van der Waals surface area contributed by atoms with Crippen LogP contribution >= 0.6 is 0 Å². The number of hydrogen-bond acceptors (Lipinski definition) is 1. The maximum Gasteiger partial charge on any atom is 0.338 e. The van der Waals surface area contributed by atoms with Crippen LogP contribution in [0, 0.1) is 0 Å². The van der Waals surface area contributed by atoms with E-state index in [9.17, 15) is 4.79 Å². The largest absolute Gasteiger partial charge is 0.338 e. The lowest BCUT2D eigenvalue weighted by molar-refractivity contribution is 0.931. The fourth-order valence-electron chi connectivity index (χ4n) is 9.02. The van der Waals surface area contributed by atoms with Crippen molar-refractivity contribution in [1.82, 2.24) is 9.13 Å². The summed E-state index contributed by atoms with van der Waals surface area (Å²) < 4.78 is 3.61. The molecule has 11 aromatic rings. The van der Waals surface area contributed by atoms with Gasteiger partial charge in [0, 0.05) is 0 Å². The summed E-state index contributed by atoms with van der Waals surface area (Å²) in [5.74, 6) is 0. The van der Waals surface area contributed by atoms with Crippen molar-refractivity contribution in [3.8, 4) is 44.8 Å². The van der Waals surface area contributed by atoms with Gasteiger partial charge < -0.3 is 0 Å². The minimum absolute atomic E-state index is 0.0943. The minimum Gasteiger partial charge on any atom is -0.260 e. The van der Waals surface area contributed by atoms with Gasteiger partial charge in [0.2, 0.25) is 0 Å². The second kappa shape index (κ2) is 12.8. The zero-order chi connectivity index (χ0) is 37.2. The molecule has 1 heterocycles. The van der Waals surface area contributed by atoms with Gasteiger partial charge in [-0.1, -0.05) is 170 Å². The van der Waals surface area contributed by atoms with Crippen LogP contribution < -0.4 is 5.69 Å². The first-order chi connectivity index (χ1) is 27.8. The number of hydrogen-bond donors (Lipinski definition) is 0. The molecule has 0 atom stereocenters. The molecule has 3 heteroatoms. The molecule has 10 aromatic carbocycles. The number of para-hydroxylation sites is 3. The van der Waals surface area contributed by atoms with Crippen molar-refractivity contribution < 1.29 is 0 Å². The molecule has 0 aliphatic carbocycles. The summed E-state index contributed by atoms with van der Waals surface area (Å²) >= 11 is 0. The smallest absolute Gasteiger partial charge is 0.260 e. The molecule has 11 rings (SSSR count). The summed E-state index contributed by atoms with van der Waals surface area (Å²) in [6.45, 7) is 0. The van der Waals surface area contributed by atoms with Crippen LogP contribution in [-0.2, 0) is 0 Å². The van der Waals surface area contributed by atoms with E-state index in [2.05, 4.69) is 152 Å². The molecule has 0 aliphatic rings. The van der Waals surface area contributed by atoms with Gasteiger partial charge in [-0.25, -0.2) is 4.79 Å². The van der Waals surface area contributed by atoms with Crippen LogP contribution in [0.5, 0.6) is 0 Å². The van der Waals surface area contributed by atoms with Crippen molar-refractivity contribution in [3.05, 3.63) is 217 Å². The summed E-state index contributed by atoms with van der Waals surface area (Å²) in [7, 11) is 0. The maximum atomic E-state index is 14.2. The van der Waals surface area contributed by atoms with E-state index in [0.29, 0.717) is 0 Å². The van der Waals surface area contributed by atoms with Crippen LogP contribution in [-0.4, -0.2) is 9.13 Å². The number of fused-ring (bicyclic) bond motifs is 5. The molecule has 0 saturated heterocycles. The Bertz CT molecular complexity index is 3240. The summed E-state index contributed by atoms with van der Waals surface area (Å²) in [5, 5.41) is 9.73. The maximum absolute atomic E-state index is 14.2. The van der Waals surface area contributed by atoms with Crippen molar-refractivity contribution in [3.63, 3.8) is 0 Å². The van der Waals surface area contributed by atoms with Crippen LogP contribution in [0.3, 0.4) is 0 Å². The zero-order valence-corrected chi connectivity index (χ0v) is 30.4. The third-order valence-corrected chi connectivity index (χ3v) is 11.4. The van der Waals surface area contributed by atoms with Crippen molar-refractivity contribution >= 4 is 54.1 Å². The molecule has 0 aliphatic heterocycles. The van der Waals surface area contributed by atoms with E-state index in [0.717, 1.165) is 28.0 Å². The van der Waals surface area contributed by atoms with E-state index in [1.807, 2.05) is 59.2 Å². The summed E-state index contributed by atoms with van der Waals surface area (Å²) in [6.07, 6.45) is 0. The Morgan fingerprint density at radius 2 is 0.536 bits per heavy atom. The fourth-order valence-corrected chi connectivity index (χ4v) is 9.02. The van der Waals surface area contributed by atoms with Gasteiger partial charge in [-0.3, -0.25) is 9.13 Å². The molecule has 0 spiro atoms. The fraction of sp³-hybridized carbons (Fsp3) is 0. The summed E-state index contributed by atoms with van der Waals surface area (Å²) in [6, 6.07) is 72.6. The highest BCUT2D eigenvalue weighted by atomic mass is 16.1. The standard InChI is InChI=1S/C53H34N2O/c56-53-54(37-19-5-2-6-20-37)47-29-15-16-30-48(47)55(53)38-33-31-36(32-34-38)50-41-23-9-13-27-45(41)52(46-28-14-10-24-42(46)50)51-43-25-11-7-21-39(43)49(35-17-3-1-4-18-35)40-22-8-12-26-44(40)51/h1-34H. The van der Waals surface area contributed by atoms with E-state index in [-0.39, 0.29) is 5.69 Å². The van der Waals surface area contributed by atoms with Crippen molar-refractivity contribution in [1.29, 1.82) is 0 Å². The van der Waals surface area contributed by atoms with E-state index in [1.54, 1.807) is 4.57 Å². The van der Waals surface area contributed by atoms with Crippen molar-refractivity contribution in [2.24, 2.45) is 0 Å². The SMILES string of the molecule is O=c1n(-c2ccccc2)c2ccccc2n1-c1ccc(-c2c3ccccc3c(-c3c4ccccc4c(-c4ccccc4)c4ccccc34)c3ccccc23)cc1. The molecule has 0 bridgehead atoms. The van der Waals surface area contributed by atoms with E-state index in [1.165, 1.54) is 70.9 Å². The predicted octanol–water partition coefficient (Wildman–Crippen LogP) is 13.4. The highest BCUT2D eigenvalue weighted by Gasteiger charge is 2.23. The van der Waals surface area contributed by atoms with Gasteiger partial charge in [-0.2, -0.15) is 0 Å². The third-order valence-electron chi connectivity index (χ3n) is 11.4. The summed E-state index contributed by atoms with van der Waals surface area (Å²) in [5.41, 5.74) is 10.6. The van der Waals surface area contributed by atoms with Gasteiger partial charge in [-0.05, 0) is 113 Å². The number of imidazole rings is 1. The van der Waals surface area contributed by atoms with Crippen molar-refractivity contribution in [2.45, 2.75) is 0 Å². The predicted molar refractivity (Wildman–Crippen MR) is 235 cm³/mol. The van der Waals surface area contributed by atoms with Gasteiger partial charge in [0.25, 0.3) is 0 Å². The van der Waals surface area contributed by atoms with Crippen LogP contribution in [0.1, 0.15) is 0 Å². The monoisotopic (exact) mass is 714 g/mol. The topological polar surface area (TPSA) is 26.9 Å². The Morgan fingerprint density at radius 1 is 0.250 bits per heavy atom. The van der Waals surface area contributed by atoms with Gasteiger partial charge in [0.05, 0.1) is 22.4 Å². The van der Waals surface area contributed by atoms with Gasteiger partial charge in [-0.15, -0.1) is 0 Å². The molecule has 0 saturated carbocycles. The molecule has 3 nitrogen and oxygen atoms in total. The first-order valence-corrected chi connectivity index (χ1v) is 19.1. The third kappa shape index (κ3) is 4.81. The Balaban J connectivity index is 1.16. The number of nitrogens with zero attached hydrogens (tertiary/aromatic N) is 2. The highest BCUT2D eigenvalue weighted by molar-refractivity contribution is 6.29. The highest BCUT2D eigenvalue weighted by Crippen LogP contribution is 2.50. The number of aromatic nitrogens is 2. The van der Waals surface area contributed by atoms with E-state index in [4.69, 9.17) is 0 Å². The number of benzene rings is 10. The Kier molecular flexibility index (Phi) is 7.33. The molecule has 262 valence electrons. The average molecular weight is 715 g/mol. The average Bonchev–Trinajstić information content (AvgIpc) is 3.57. The van der Waals surface area contributed by atoms with Crippen LogP contribution in [0.15, 0.2) is 211 Å². The lowest BCUT2D eigenvalue weighted by Crippen LogP contribution is -2.22. The molecule has 0 N–H and O–H groups in total. The van der Waals surface area contributed by atoms with Gasteiger partial charge in [0.1, 0.15) is 0 Å². The van der Waals surface area contributed by atoms with Crippen LogP contribution in [0.4, 0.5) is 0 Å². The van der Waals surface area contributed by atoms with Crippen molar-refractivity contribution in [2.75, 3.05) is 0 Å². The second-order valence-electron chi connectivity index (χ2n) is 14.4. The molecule has 0 radical (unpaired) electrons. The second-order valence-corrected chi connectivity index (χ2v) is 14.4. The Hall–Kier alpha value is -7.49. The first-order valence-electron chi connectivity index (χ1n) is 19.1. The molecule has 0 unspecified atom stereocenters. The zero-order valence-electron chi connectivity index (χ0n) is 30.4. The number of rotatable bonds is 5. The Labute approximate surface area is 323 Å². The molecule has 0 amide bonds. The Morgan fingerprint density at radius 3 is 0.929 bits per heavy atom. The normalized spacial score (nSPS) is 11.6. The molecule has 56 heavy (non-hydrogen) atoms. The lowest BCUT2D eigenvalue weighted by Gasteiger charge is -2.22. The van der Waals surface area contributed by atoms with Crippen LogP contribution in [0.2, 0.25) is 0 Å². The lowest BCUT2D eigenvalue weighted by atomic mass is 9.81. The van der Waals surface area contributed by atoms with Crippen LogP contribution in [0.25, 0.3) is 98.9 Å². The summed E-state index contributed by atoms with van der Waals surface area (Å²) in [4.78, 5) is 14.2. The molecular formula is C53H34N2O. The van der Waals surface area contributed by atoms with E-state index >= 15 is 0 Å². The first kappa shape index (κ1) is 32.0. The molecular weight excluding hydrogens is 681 g/mol. The molecule has 0 fully saturated rings. The van der Waals surface area contributed by atoms with Gasteiger partial charge in [0.15, 0.2) is 0 Å². The molecule has 1 aromatic heterocycles. The minimum atomic E-state index is -0.0943. The van der Waals surface area contributed by atoms with Gasteiger partial charge >= 0.3 is 5.69 Å². The quantitative estimate of drug-likeness (QED) is 0.163.